The first-order valence-corrected chi connectivity index (χ1v) is 6.33. The number of carboxylic acid groups (broad SMARTS) is 1. The SMILES string of the molecule is O=C(c1cc(C2CC2)c(C(=O)O)[nH]1)c1ccccc1F. The Kier molecular flexibility index (Phi) is 2.89. The van der Waals surface area contributed by atoms with Crippen molar-refractivity contribution in [3.63, 3.8) is 0 Å². The summed E-state index contributed by atoms with van der Waals surface area (Å²) in [6, 6.07) is 7.19. The highest BCUT2D eigenvalue weighted by atomic mass is 19.1. The lowest BCUT2D eigenvalue weighted by molar-refractivity contribution is 0.0690. The maximum Gasteiger partial charge on any atom is 0.352 e. The fourth-order valence-electron chi connectivity index (χ4n) is 2.28. The molecule has 1 aromatic carbocycles. The van der Waals surface area contributed by atoms with Crippen LogP contribution < -0.4 is 0 Å². The first kappa shape index (κ1) is 12.6. The monoisotopic (exact) mass is 273 g/mol. The highest BCUT2D eigenvalue weighted by Gasteiger charge is 2.31. The molecule has 0 saturated heterocycles. The van der Waals surface area contributed by atoms with E-state index in [1.165, 1.54) is 24.3 Å². The first-order valence-electron chi connectivity index (χ1n) is 6.33. The normalized spacial score (nSPS) is 14.2. The molecule has 1 aliphatic carbocycles. The van der Waals surface area contributed by atoms with Gasteiger partial charge in [0.2, 0.25) is 5.78 Å². The third kappa shape index (κ3) is 2.11. The van der Waals surface area contributed by atoms with Crippen molar-refractivity contribution < 1.29 is 19.1 Å². The number of ketones is 1. The van der Waals surface area contributed by atoms with Gasteiger partial charge in [0.25, 0.3) is 0 Å². The lowest BCUT2D eigenvalue weighted by atomic mass is 10.1. The Bertz CT molecular complexity index is 701. The molecule has 3 rings (SSSR count). The molecule has 0 aliphatic heterocycles. The van der Waals surface area contributed by atoms with Crippen molar-refractivity contribution in [1.29, 1.82) is 0 Å². The van der Waals surface area contributed by atoms with Gasteiger partial charge < -0.3 is 10.1 Å². The van der Waals surface area contributed by atoms with E-state index in [0.717, 1.165) is 12.8 Å². The molecule has 5 heteroatoms. The van der Waals surface area contributed by atoms with E-state index in [1.807, 2.05) is 0 Å². The van der Waals surface area contributed by atoms with Gasteiger partial charge >= 0.3 is 5.97 Å². The molecule has 0 amide bonds. The standard InChI is InChI=1S/C15H12FNO3/c16-11-4-2-1-3-9(11)14(18)12-7-10(8-5-6-8)13(17-12)15(19)20/h1-4,7-8,17H,5-6H2,(H,19,20). The number of carbonyl (C=O) groups is 2. The van der Waals surface area contributed by atoms with E-state index in [1.54, 1.807) is 6.07 Å². The number of rotatable bonds is 4. The summed E-state index contributed by atoms with van der Waals surface area (Å²) in [7, 11) is 0. The minimum Gasteiger partial charge on any atom is -0.477 e. The van der Waals surface area contributed by atoms with Crippen molar-refractivity contribution in [1.82, 2.24) is 4.98 Å². The van der Waals surface area contributed by atoms with Gasteiger partial charge in [-0.3, -0.25) is 4.79 Å². The van der Waals surface area contributed by atoms with Crippen LogP contribution in [0, 0.1) is 5.82 Å². The van der Waals surface area contributed by atoms with Crippen molar-refractivity contribution in [2.45, 2.75) is 18.8 Å². The largest absolute Gasteiger partial charge is 0.477 e. The second-order valence-corrected chi connectivity index (χ2v) is 4.90. The van der Waals surface area contributed by atoms with E-state index < -0.39 is 17.6 Å². The van der Waals surface area contributed by atoms with Gasteiger partial charge in [0.1, 0.15) is 11.5 Å². The molecule has 20 heavy (non-hydrogen) atoms. The Morgan fingerprint density at radius 2 is 1.95 bits per heavy atom. The van der Waals surface area contributed by atoms with E-state index in [2.05, 4.69) is 4.98 Å². The maximum atomic E-state index is 13.6. The van der Waals surface area contributed by atoms with Crippen LogP contribution in [-0.2, 0) is 0 Å². The number of carboxylic acids is 1. The average molecular weight is 273 g/mol. The topological polar surface area (TPSA) is 70.2 Å². The fraction of sp³-hybridized carbons (Fsp3) is 0.200. The average Bonchev–Trinajstić information content (AvgIpc) is 3.17. The zero-order valence-electron chi connectivity index (χ0n) is 10.5. The number of nitrogens with one attached hydrogen (secondary N) is 1. The fourth-order valence-corrected chi connectivity index (χ4v) is 2.28. The Morgan fingerprint density at radius 3 is 2.55 bits per heavy atom. The molecular weight excluding hydrogens is 261 g/mol. The third-order valence-electron chi connectivity index (χ3n) is 3.44. The number of aromatic carboxylic acids is 1. The molecule has 4 nitrogen and oxygen atoms in total. The number of aromatic nitrogens is 1. The molecule has 0 bridgehead atoms. The summed E-state index contributed by atoms with van der Waals surface area (Å²) in [6.45, 7) is 0. The second kappa shape index (κ2) is 4.59. The number of carbonyl (C=O) groups excluding carboxylic acids is 1. The van der Waals surface area contributed by atoms with Crippen molar-refractivity contribution in [3.05, 3.63) is 58.7 Å². The van der Waals surface area contributed by atoms with Crippen LogP contribution in [0.15, 0.2) is 30.3 Å². The number of aromatic amines is 1. The maximum absolute atomic E-state index is 13.6. The number of halogens is 1. The van der Waals surface area contributed by atoms with Crippen molar-refractivity contribution in [2.75, 3.05) is 0 Å². The van der Waals surface area contributed by atoms with Crippen LogP contribution in [0.4, 0.5) is 4.39 Å². The molecule has 0 atom stereocenters. The van der Waals surface area contributed by atoms with E-state index in [0.29, 0.717) is 5.56 Å². The minimum atomic E-state index is -1.10. The van der Waals surface area contributed by atoms with E-state index in [4.69, 9.17) is 5.11 Å². The highest BCUT2D eigenvalue weighted by molar-refractivity contribution is 6.09. The summed E-state index contributed by atoms with van der Waals surface area (Å²) < 4.78 is 13.6. The zero-order chi connectivity index (χ0) is 14.3. The van der Waals surface area contributed by atoms with Crippen LogP contribution >= 0.6 is 0 Å². The lowest BCUT2D eigenvalue weighted by Crippen LogP contribution is -2.06. The molecule has 1 heterocycles. The summed E-state index contributed by atoms with van der Waals surface area (Å²) in [4.78, 5) is 26.0. The van der Waals surface area contributed by atoms with E-state index in [9.17, 15) is 14.0 Å². The molecule has 2 N–H and O–H groups in total. The predicted molar refractivity (Wildman–Crippen MR) is 69.6 cm³/mol. The summed E-state index contributed by atoms with van der Waals surface area (Å²) in [5.41, 5.74) is 0.729. The summed E-state index contributed by atoms with van der Waals surface area (Å²) >= 11 is 0. The molecule has 2 aromatic rings. The van der Waals surface area contributed by atoms with Gasteiger partial charge in [-0.1, -0.05) is 12.1 Å². The molecule has 1 aromatic heterocycles. The van der Waals surface area contributed by atoms with Gasteiger partial charge in [0, 0.05) is 0 Å². The van der Waals surface area contributed by atoms with Gasteiger partial charge in [-0.15, -0.1) is 0 Å². The van der Waals surface area contributed by atoms with Gasteiger partial charge in [-0.05, 0) is 42.5 Å². The van der Waals surface area contributed by atoms with Crippen LogP contribution in [0.3, 0.4) is 0 Å². The number of H-pyrrole nitrogens is 1. The Morgan fingerprint density at radius 1 is 1.25 bits per heavy atom. The van der Waals surface area contributed by atoms with Gasteiger partial charge in [-0.25, -0.2) is 9.18 Å². The van der Waals surface area contributed by atoms with Crippen LogP contribution in [0.2, 0.25) is 0 Å². The Hall–Kier alpha value is -2.43. The van der Waals surface area contributed by atoms with Gasteiger partial charge in [0.05, 0.1) is 11.3 Å². The molecule has 102 valence electrons. The van der Waals surface area contributed by atoms with Crippen molar-refractivity contribution in [2.24, 2.45) is 0 Å². The number of benzene rings is 1. The summed E-state index contributed by atoms with van der Waals surface area (Å²) in [5.74, 6) is -2.05. The quantitative estimate of drug-likeness (QED) is 0.841. The molecule has 1 aliphatic rings. The van der Waals surface area contributed by atoms with Crippen molar-refractivity contribution in [3.8, 4) is 0 Å². The number of hydrogen-bond donors (Lipinski definition) is 2. The van der Waals surface area contributed by atoms with E-state index >= 15 is 0 Å². The molecule has 1 saturated carbocycles. The third-order valence-corrected chi connectivity index (χ3v) is 3.44. The molecule has 0 radical (unpaired) electrons. The van der Waals surface area contributed by atoms with Crippen LogP contribution in [0.25, 0.3) is 0 Å². The Balaban J connectivity index is 2.02. The molecule has 0 spiro atoms. The number of hydrogen-bond acceptors (Lipinski definition) is 2. The van der Waals surface area contributed by atoms with Gasteiger partial charge in [-0.2, -0.15) is 0 Å². The van der Waals surface area contributed by atoms with Crippen LogP contribution in [-0.4, -0.2) is 21.8 Å². The van der Waals surface area contributed by atoms with Crippen molar-refractivity contribution >= 4 is 11.8 Å². The van der Waals surface area contributed by atoms with Gasteiger partial charge in [0.15, 0.2) is 0 Å². The first-order chi connectivity index (χ1) is 9.58. The summed E-state index contributed by atoms with van der Waals surface area (Å²) in [5, 5.41) is 9.15. The molecular formula is C15H12FNO3. The second-order valence-electron chi connectivity index (χ2n) is 4.90. The minimum absolute atomic E-state index is 0.0344. The Labute approximate surface area is 114 Å². The zero-order valence-corrected chi connectivity index (χ0v) is 10.5. The highest BCUT2D eigenvalue weighted by Crippen LogP contribution is 2.42. The van der Waals surface area contributed by atoms with Crippen LogP contribution in [0.5, 0.6) is 0 Å². The predicted octanol–water partition coefficient (Wildman–Crippen LogP) is 2.96. The summed E-state index contributed by atoms with van der Waals surface area (Å²) in [6.07, 6.45) is 1.84. The van der Waals surface area contributed by atoms with Crippen LogP contribution in [0.1, 0.15) is 50.9 Å². The molecule has 1 fully saturated rings. The van der Waals surface area contributed by atoms with E-state index in [-0.39, 0.29) is 22.9 Å². The molecule has 0 unspecified atom stereocenters. The smallest absolute Gasteiger partial charge is 0.352 e. The lowest BCUT2D eigenvalue weighted by Gasteiger charge is -1.99.